The summed E-state index contributed by atoms with van der Waals surface area (Å²) in [6, 6.07) is 3.35. The number of rotatable bonds is 5. The molecule has 0 aromatic carbocycles. The Bertz CT molecular complexity index is 801. The molecule has 2 aliphatic heterocycles. The van der Waals surface area contributed by atoms with Crippen LogP contribution in [-0.4, -0.2) is 60.7 Å². The predicted octanol–water partition coefficient (Wildman–Crippen LogP) is 2.46. The monoisotopic (exact) mass is 406 g/mol. The van der Waals surface area contributed by atoms with Crippen molar-refractivity contribution in [1.82, 2.24) is 14.2 Å². The molecule has 0 bridgehead atoms. The van der Waals surface area contributed by atoms with E-state index < -0.39 is 10.0 Å². The summed E-state index contributed by atoms with van der Waals surface area (Å²) < 4.78 is 27.8. The van der Waals surface area contributed by atoms with Crippen molar-refractivity contribution in [3.63, 3.8) is 0 Å². The number of amides is 1. The molecule has 1 amide bonds. The van der Waals surface area contributed by atoms with Crippen LogP contribution in [0, 0.1) is 5.92 Å². The van der Waals surface area contributed by atoms with Crippen LogP contribution in [-0.2, 0) is 14.8 Å². The average molecular weight is 407 g/mol. The third-order valence-electron chi connectivity index (χ3n) is 6.25. The van der Waals surface area contributed by atoms with Gasteiger partial charge in [-0.3, -0.25) is 4.79 Å². The van der Waals surface area contributed by atoms with Crippen molar-refractivity contribution in [3.05, 3.63) is 18.3 Å². The molecule has 3 heterocycles. The van der Waals surface area contributed by atoms with Crippen molar-refractivity contribution in [3.8, 4) is 0 Å². The molecule has 1 saturated carbocycles. The van der Waals surface area contributed by atoms with Gasteiger partial charge in [0.25, 0.3) is 0 Å². The minimum Gasteiger partial charge on any atom is -0.364 e. The van der Waals surface area contributed by atoms with Crippen molar-refractivity contribution < 1.29 is 13.2 Å². The van der Waals surface area contributed by atoms with Crippen molar-refractivity contribution in [2.45, 2.75) is 62.3 Å². The van der Waals surface area contributed by atoms with Crippen LogP contribution in [0.2, 0.25) is 0 Å². The van der Waals surface area contributed by atoms with E-state index in [9.17, 15) is 13.2 Å². The van der Waals surface area contributed by atoms with Gasteiger partial charge in [-0.15, -0.1) is 0 Å². The van der Waals surface area contributed by atoms with Gasteiger partial charge in [0.05, 0.1) is 0 Å². The van der Waals surface area contributed by atoms with E-state index in [4.69, 9.17) is 0 Å². The highest BCUT2D eigenvalue weighted by Gasteiger charge is 2.34. The van der Waals surface area contributed by atoms with Gasteiger partial charge in [-0.25, -0.2) is 13.4 Å². The molecule has 1 aromatic rings. The second kappa shape index (κ2) is 8.37. The second-order valence-corrected chi connectivity index (χ2v) is 10.1. The Balaban J connectivity index is 1.45. The van der Waals surface area contributed by atoms with E-state index in [1.165, 1.54) is 0 Å². The summed E-state index contributed by atoms with van der Waals surface area (Å²) >= 11 is 0. The number of pyridine rings is 1. The van der Waals surface area contributed by atoms with Crippen LogP contribution in [0.4, 0.5) is 5.82 Å². The Morgan fingerprint density at radius 1 is 1.04 bits per heavy atom. The molecule has 8 heteroatoms. The number of hydrogen-bond acceptors (Lipinski definition) is 5. The average Bonchev–Trinajstić information content (AvgIpc) is 3.41. The van der Waals surface area contributed by atoms with Gasteiger partial charge in [-0.05, 0) is 44.2 Å². The molecular formula is C20H30N4O3S. The van der Waals surface area contributed by atoms with Gasteiger partial charge in [-0.2, -0.15) is 4.31 Å². The van der Waals surface area contributed by atoms with Crippen molar-refractivity contribution in [1.29, 1.82) is 0 Å². The zero-order valence-corrected chi connectivity index (χ0v) is 17.2. The number of carbonyl (C=O) groups is 1. The largest absolute Gasteiger partial charge is 0.364 e. The minimum absolute atomic E-state index is 0.0376. The maximum Gasteiger partial charge on any atom is 0.246 e. The third kappa shape index (κ3) is 4.03. The highest BCUT2D eigenvalue weighted by molar-refractivity contribution is 7.89. The number of carbonyl (C=O) groups excluding carboxylic acids is 1. The van der Waals surface area contributed by atoms with E-state index in [0.29, 0.717) is 25.5 Å². The van der Waals surface area contributed by atoms with Gasteiger partial charge in [0, 0.05) is 44.3 Å². The number of nitrogens with zero attached hydrogens (tertiary/aromatic N) is 3. The summed E-state index contributed by atoms with van der Waals surface area (Å²) in [6.45, 7) is 2.50. The fourth-order valence-corrected chi connectivity index (χ4v) is 6.28. The van der Waals surface area contributed by atoms with Crippen molar-refractivity contribution in [2.75, 3.05) is 31.5 Å². The first-order valence-electron chi connectivity index (χ1n) is 10.6. The van der Waals surface area contributed by atoms with Crippen LogP contribution < -0.4 is 5.32 Å². The predicted molar refractivity (Wildman–Crippen MR) is 107 cm³/mol. The third-order valence-corrected chi connectivity index (χ3v) is 8.18. The molecular weight excluding hydrogens is 376 g/mol. The SMILES string of the molecule is O=C(C1CCCC1)N1CCC(Nc2ncccc2S(=O)(=O)N2CCCCC2)C1. The fraction of sp³-hybridized carbons (Fsp3) is 0.700. The number of sulfonamides is 1. The summed E-state index contributed by atoms with van der Waals surface area (Å²) in [6.07, 6.45) is 9.64. The van der Waals surface area contributed by atoms with Crippen molar-refractivity contribution in [2.24, 2.45) is 5.92 Å². The molecule has 7 nitrogen and oxygen atoms in total. The standard InChI is InChI=1S/C20H30N4O3S/c25-20(16-7-2-3-8-16)23-14-10-17(15-23)22-19-18(9-6-11-21-19)28(26,27)24-12-4-1-5-13-24/h6,9,11,16-17H,1-5,7-8,10,12-15H2,(H,21,22). The summed E-state index contributed by atoms with van der Waals surface area (Å²) in [5, 5.41) is 3.32. The first-order valence-corrected chi connectivity index (χ1v) is 12.0. The van der Waals surface area contributed by atoms with Crippen LogP contribution in [0.1, 0.15) is 51.4 Å². The van der Waals surface area contributed by atoms with E-state index in [2.05, 4.69) is 10.3 Å². The normalized spacial score (nSPS) is 24.6. The highest BCUT2D eigenvalue weighted by atomic mass is 32.2. The molecule has 1 aromatic heterocycles. The van der Waals surface area contributed by atoms with E-state index in [1.54, 1.807) is 22.6 Å². The minimum atomic E-state index is -3.55. The zero-order chi connectivity index (χ0) is 19.6. The number of anilines is 1. The van der Waals surface area contributed by atoms with Gasteiger partial charge in [0.1, 0.15) is 10.7 Å². The molecule has 0 radical (unpaired) electrons. The highest BCUT2D eigenvalue weighted by Crippen LogP contribution is 2.30. The smallest absolute Gasteiger partial charge is 0.246 e. The maximum absolute atomic E-state index is 13.1. The number of aromatic nitrogens is 1. The lowest BCUT2D eigenvalue weighted by Crippen LogP contribution is -2.37. The van der Waals surface area contributed by atoms with Gasteiger partial charge in [-0.1, -0.05) is 19.3 Å². The Kier molecular flexibility index (Phi) is 5.87. The van der Waals surface area contributed by atoms with E-state index in [-0.39, 0.29) is 22.8 Å². The Labute approximate surface area is 167 Å². The molecule has 0 spiro atoms. The molecule has 4 rings (SSSR count). The molecule has 1 unspecified atom stereocenters. The van der Waals surface area contributed by atoms with Crippen LogP contribution >= 0.6 is 0 Å². The summed E-state index contributed by atoms with van der Waals surface area (Å²) in [5.74, 6) is 0.862. The van der Waals surface area contributed by atoms with Crippen molar-refractivity contribution >= 4 is 21.7 Å². The summed E-state index contributed by atoms with van der Waals surface area (Å²) in [5.41, 5.74) is 0. The topological polar surface area (TPSA) is 82.6 Å². The molecule has 3 fully saturated rings. The molecule has 1 atom stereocenters. The second-order valence-electron chi connectivity index (χ2n) is 8.21. The summed E-state index contributed by atoms with van der Waals surface area (Å²) in [7, 11) is -3.55. The van der Waals surface area contributed by atoms with Gasteiger partial charge in [0.15, 0.2) is 0 Å². The lowest BCUT2D eigenvalue weighted by atomic mass is 10.1. The molecule has 28 heavy (non-hydrogen) atoms. The summed E-state index contributed by atoms with van der Waals surface area (Å²) in [4.78, 5) is 19.2. The van der Waals surface area contributed by atoms with Gasteiger partial charge in [0.2, 0.25) is 15.9 Å². The number of nitrogens with one attached hydrogen (secondary N) is 1. The number of piperidine rings is 1. The molecule has 2 saturated heterocycles. The molecule has 154 valence electrons. The van der Waals surface area contributed by atoms with Crippen LogP contribution in [0.5, 0.6) is 0 Å². The van der Waals surface area contributed by atoms with Crippen LogP contribution in [0.3, 0.4) is 0 Å². The zero-order valence-electron chi connectivity index (χ0n) is 16.3. The van der Waals surface area contributed by atoms with Crippen LogP contribution in [0.25, 0.3) is 0 Å². The molecule has 1 N–H and O–H groups in total. The quantitative estimate of drug-likeness (QED) is 0.812. The lowest BCUT2D eigenvalue weighted by Gasteiger charge is -2.27. The fourth-order valence-electron chi connectivity index (χ4n) is 4.65. The van der Waals surface area contributed by atoms with E-state index >= 15 is 0 Å². The first kappa shape index (κ1) is 19.6. The number of likely N-dealkylation sites (tertiary alicyclic amines) is 1. The van der Waals surface area contributed by atoms with E-state index in [1.807, 2.05) is 4.90 Å². The Hall–Kier alpha value is -1.67. The first-order chi connectivity index (χ1) is 13.6. The molecule has 3 aliphatic rings. The lowest BCUT2D eigenvalue weighted by molar-refractivity contribution is -0.134. The van der Waals surface area contributed by atoms with E-state index in [0.717, 1.165) is 57.9 Å². The van der Waals surface area contributed by atoms with Crippen LogP contribution in [0.15, 0.2) is 23.2 Å². The molecule has 1 aliphatic carbocycles. The van der Waals surface area contributed by atoms with Gasteiger partial charge >= 0.3 is 0 Å². The maximum atomic E-state index is 13.1. The van der Waals surface area contributed by atoms with Gasteiger partial charge < -0.3 is 10.2 Å². The Morgan fingerprint density at radius 3 is 2.54 bits per heavy atom. The Morgan fingerprint density at radius 2 is 1.79 bits per heavy atom. The number of hydrogen-bond donors (Lipinski definition) is 1.